The van der Waals surface area contributed by atoms with Crippen LogP contribution >= 0.6 is 0 Å². The number of carbonyl (C=O) groups is 1. The van der Waals surface area contributed by atoms with Crippen molar-refractivity contribution in [3.05, 3.63) is 59.7 Å². The second-order valence-electron chi connectivity index (χ2n) is 4.77. The minimum absolute atomic E-state index is 0.458. The van der Waals surface area contributed by atoms with Gasteiger partial charge in [-0.2, -0.15) is 0 Å². The van der Waals surface area contributed by atoms with Crippen molar-refractivity contribution in [2.75, 3.05) is 5.32 Å². The summed E-state index contributed by atoms with van der Waals surface area (Å²) in [5.41, 5.74) is 8.41. The maximum Gasteiger partial charge on any atom is 0.254 e. The van der Waals surface area contributed by atoms with E-state index in [0.717, 1.165) is 11.1 Å². The van der Waals surface area contributed by atoms with Crippen LogP contribution < -0.4 is 11.1 Å². The molecular formula is C16H18N2O2S. The fraction of sp³-hybridized carbons (Fsp3) is 0.188. The zero-order valence-corrected chi connectivity index (χ0v) is 12.8. The quantitative estimate of drug-likeness (QED) is 0.910. The molecule has 0 radical (unpaired) electrons. The van der Waals surface area contributed by atoms with Crippen LogP contribution in [-0.4, -0.2) is 15.5 Å². The fourth-order valence-electron chi connectivity index (χ4n) is 1.91. The van der Waals surface area contributed by atoms with E-state index in [1.165, 1.54) is 0 Å². The van der Waals surface area contributed by atoms with Gasteiger partial charge in [0.05, 0.1) is 10.8 Å². The number of aryl methyl sites for hydroxylation is 1. The van der Waals surface area contributed by atoms with Crippen LogP contribution in [0.1, 0.15) is 11.1 Å². The molecule has 1 amide bonds. The Balaban J connectivity index is 2.15. The highest BCUT2D eigenvalue weighted by Gasteiger charge is 2.23. The van der Waals surface area contributed by atoms with Crippen molar-refractivity contribution in [2.45, 2.75) is 24.1 Å². The smallest absolute Gasteiger partial charge is 0.254 e. The Morgan fingerprint density at radius 2 is 1.76 bits per heavy atom. The van der Waals surface area contributed by atoms with Gasteiger partial charge >= 0.3 is 0 Å². The highest BCUT2D eigenvalue weighted by atomic mass is 32.2. The summed E-state index contributed by atoms with van der Waals surface area (Å²) in [6, 6.07) is 14.5. The molecule has 0 spiro atoms. The van der Waals surface area contributed by atoms with E-state index in [2.05, 4.69) is 5.32 Å². The van der Waals surface area contributed by atoms with Crippen LogP contribution in [0.3, 0.4) is 0 Å². The summed E-state index contributed by atoms with van der Waals surface area (Å²) in [5.74, 6) is -0.458. The highest BCUT2D eigenvalue weighted by molar-refractivity contribution is 7.86. The van der Waals surface area contributed by atoms with Crippen molar-refractivity contribution < 1.29 is 9.00 Å². The van der Waals surface area contributed by atoms with Gasteiger partial charge in [-0.25, -0.2) is 0 Å². The van der Waals surface area contributed by atoms with Gasteiger partial charge in [0.2, 0.25) is 0 Å². The highest BCUT2D eigenvalue weighted by Crippen LogP contribution is 2.18. The van der Waals surface area contributed by atoms with E-state index in [-0.39, 0.29) is 0 Å². The number of nitrogens with one attached hydrogen (secondary N) is 1. The van der Waals surface area contributed by atoms with E-state index in [1.807, 2.05) is 44.2 Å². The molecule has 2 aromatic carbocycles. The minimum atomic E-state index is -1.59. The number of hydrogen-bond donors (Lipinski definition) is 2. The third-order valence-corrected chi connectivity index (χ3v) is 4.85. The van der Waals surface area contributed by atoms with Gasteiger partial charge in [0, 0.05) is 10.6 Å². The maximum absolute atomic E-state index is 12.5. The van der Waals surface area contributed by atoms with E-state index in [4.69, 9.17) is 5.73 Å². The Kier molecular flexibility index (Phi) is 4.88. The SMILES string of the molecule is Cc1cccc(S(=O)C(N)C(=O)Nc2ccccc2)c1C. The van der Waals surface area contributed by atoms with Gasteiger partial charge in [-0.1, -0.05) is 30.3 Å². The average Bonchev–Trinajstić information content (AvgIpc) is 2.49. The van der Waals surface area contributed by atoms with Crippen molar-refractivity contribution in [1.82, 2.24) is 0 Å². The lowest BCUT2D eigenvalue weighted by Crippen LogP contribution is -2.39. The normalized spacial score (nSPS) is 13.5. The van der Waals surface area contributed by atoms with E-state index in [0.29, 0.717) is 10.6 Å². The van der Waals surface area contributed by atoms with Gasteiger partial charge in [0.1, 0.15) is 0 Å². The Labute approximate surface area is 126 Å². The van der Waals surface area contributed by atoms with Gasteiger partial charge < -0.3 is 11.1 Å². The molecule has 0 bridgehead atoms. The molecule has 0 aromatic heterocycles. The fourth-order valence-corrected chi connectivity index (χ4v) is 3.11. The number of para-hydroxylation sites is 1. The van der Waals surface area contributed by atoms with Crippen LogP contribution in [0.15, 0.2) is 53.4 Å². The third kappa shape index (κ3) is 3.56. The zero-order valence-electron chi connectivity index (χ0n) is 12.0. The van der Waals surface area contributed by atoms with Crippen LogP contribution in [-0.2, 0) is 15.6 Å². The van der Waals surface area contributed by atoms with E-state index < -0.39 is 22.1 Å². The molecule has 0 saturated heterocycles. The summed E-state index contributed by atoms with van der Waals surface area (Å²) >= 11 is 0. The van der Waals surface area contributed by atoms with Crippen LogP contribution in [0.4, 0.5) is 5.69 Å². The first-order valence-corrected chi connectivity index (χ1v) is 7.80. The molecule has 0 aliphatic rings. The lowest BCUT2D eigenvalue weighted by molar-refractivity contribution is -0.115. The lowest BCUT2D eigenvalue weighted by Gasteiger charge is -2.14. The van der Waals surface area contributed by atoms with Gasteiger partial charge in [-0.05, 0) is 43.2 Å². The van der Waals surface area contributed by atoms with Gasteiger partial charge in [0.15, 0.2) is 5.37 Å². The summed E-state index contributed by atoms with van der Waals surface area (Å²) in [7, 11) is -1.59. The van der Waals surface area contributed by atoms with Crippen LogP contribution in [0, 0.1) is 13.8 Å². The number of hydrogen-bond acceptors (Lipinski definition) is 3. The molecule has 2 unspecified atom stereocenters. The Morgan fingerprint density at radius 3 is 2.43 bits per heavy atom. The van der Waals surface area contributed by atoms with E-state index >= 15 is 0 Å². The largest absolute Gasteiger partial charge is 0.324 e. The molecule has 0 fully saturated rings. The zero-order chi connectivity index (χ0) is 15.4. The second kappa shape index (κ2) is 6.65. The molecule has 5 heteroatoms. The molecule has 4 nitrogen and oxygen atoms in total. The number of benzene rings is 2. The predicted molar refractivity (Wildman–Crippen MR) is 85.4 cm³/mol. The number of nitrogens with two attached hydrogens (primary N) is 1. The molecular weight excluding hydrogens is 284 g/mol. The van der Waals surface area contributed by atoms with Gasteiger partial charge in [-0.15, -0.1) is 0 Å². The summed E-state index contributed by atoms with van der Waals surface area (Å²) in [4.78, 5) is 12.7. The molecule has 3 N–H and O–H groups in total. The first kappa shape index (κ1) is 15.4. The van der Waals surface area contributed by atoms with Crippen molar-refractivity contribution in [1.29, 1.82) is 0 Å². The first-order valence-electron chi connectivity index (χ1n) is 6.59. The molecule has 0 heterocycles. The van der Waals surface area contributed by atoms with Gasteiger partial charge in [0.25, 0.3) is 5.91 Å². The molecule has 21 heavy (non-hydrogen) atoms. The Bertz CT molecular complexity index is 671. The van der Waals surface area contributed by atoms with Crippen molar-refractivity contribution in [3.8, 4) is 0 Å². The molecule has 0 aliphatic carbocycles. The van der Waals surface area contributed by atoms with Gasteiger partial charge in [-0.3, -0.25) is 9.00 Å². The summed E-state index contributed by atoms with van der Waals surface area (Å²) < 4.78 is 12.5. The molecule has 2 atom stereocenters. The Morgan fingerprint density at radius 1 is 1.10 bits per heavy atom. The standard InChI is InChI=1S/C16H18N2O2S/c1-11-7-6-10-14(12(11)2)21(20)15(17)16(19)18-13-8-4-3-5-9-13/h3-10,15H,17H2,1-2H3,(H,18,19). The summed E-state index contributed by atoms with van der Waals surface area (Å²) in [6.07, 6.45) is 0. The molecule has 0 aliphatic heterocycles. The van der Waals surface area contributed by atoms with Crippen molar-refractivity contribution >= 4 is 22.4 Å². The first-order chi connectivity index (χ1) is 10.0. The summed E-state index contributed by atoms with van der Waals surface area (Å²) in [5, 5.41) is 1.56. The monoisotopic (exact) mass is 302 g/mol. The Hall–Kier alpha value is -1.98. The van der Waals surface area contributed by atoms with E-state index in [1.54, 1.807) is 18.2 Å². The maximum atomic E-state index is 12.5. The number of rotatable bonds is 4. The second-order valence-corrected chi connectivity index (χ2v) is 6.31. The minimum Gasteiger partial charge on any atom is -0.324 e. The molecule has 2 aromatic rings. The predicted octanol–water partition coefficient (Wildman–Crippen LogP) is 2.33. The molecule has 2 rings (SSSR count). The van der Waals surface area contributed by atoms with Crippen LogP contribution in [0.25, 0.3) is 0 Å². The molecule has 0 saturated carbocycles. The number of amides is 1. The third-order valence-electron chi connectivity index (χ3n) is 3.30. The lowest BCUT2D eigenvalue weighted by atomic mass is 10.1. The topological polar surface area (TPSA) is 72.2 Å². The number of carbonyl (C=O) groups excluding carboxylic acids is 1. The average molecular weight is 302 g/mol. The van der Waals surface area contributed by atoms with E-state index in [9.17, 15) is 9.00 Å². The number of anilines is 1. The van der Waals surface area contributed by atoms with Crippen LogP contribution in [0.2, 0.25) is 0 Å². The van der Waals surface area contributed by atoms with Crippen molar-refractivity contribution in [2.24, 2.45) is 5.73 Å². The van der Waals surface area contributed by atoms with Crippen molar-refractivity contribution in [3.63, 3.8) is 0 Å². The van der Waals surface area contributed by atoms with Crippen LogP contribution in [0.5, 0.6) is 0 Å². The summed E-state index contributed by atoms with van der Waals surface area (Å²) in [6.45, 7) is 3.82. The molecule has 110 valence electrons.